The normalized spacial score (nSPS) is 12.4. The molecule has 3 nitrogen and oxygen atoms in total. The van der Waals surface area contributed by atoms with Gasteiger partial charge in [0, 0.05) is 42.2 Å². The van der Waals surface area contributed by atoms with E-state index in [9.17, 15) is 0 Å². The second-order valence-corrected chi connectivity index (χ2v) is 9.01. The van der Waals surface area contributed by atoms with Crippen LogP contribution in [0.4, 0.5) is 0 Å². The average molecular weight is 467 g/mol. The molecule has 0 saturated carbocycles. The molecule has 1 aromatic carbocycles. The van der Waals surface area contributed by atoms with Gasteiger partial charge in [0.05, 0.1) is 7.11 Å². The van der Waals surface area contributed by atoms with E-state index in [1.165, 1.54) is 27.9 Å². The number of nitrogens with zero attached hydrogens (tertiary/aromatic N) is 2. The van der Waals surface area contributed by atoms with Gasteiger partial charge in [0.2, 0.25) is 0 Å². The van der Waals surface area contributed by atoms with Crippen molar-refractivity contribution in [1.82, 2.24) is 9.88 Å². The fourth-order valence-electron chi connectivity index (χ4n) is 4.10. The Bertz CT molecular complexity index is 908. The minimum atomic E-state index is 0. The van der Waals surface area contributed by atoms with E-state index in [4.69, 9.17) is 9.72 Å². The van der Waals surface area contributed by atoms with Crippen LogP contribution in [-0.4, -0.2) is 30.1 Å². The molecule has 1 fully saturated rings. The molecule has 190 valence electrons. The van der Waals surface area contributed by atoms with E-state index in [0.717, 1.165) is 42.9 Å². The van der Waals surface area contributed by atoms with Crippen LogP contribution >= 0.6 is 0 Å². The van der Waals surface area contributed by atoms with Crippen LogP contribution in [0.25, 0.3) is 5.70 Å². The minimum absolute atomic E-state index is 0. The molecule has 0 bridgehead atoms. The van der Waals surface area contributed by atoms with Crippen LogP contribution in [0.5, 0.6) is 5.75 Å². The van der Waals surface area contributed by atoms with Crippen molar-refractivity contribution >= 4 is 5.70 Å². The Labute approximate surface area is 211 Å². The Morgan fingerprint density at radius 2 is 1.76 bits per heavy atom. The molecule has 0 aliphatic carbocycles. The molecule has 1 saturated heterocycles. The molecular weight excluding hydrogens is 416 g/mol. The fourth-order valence-corrected chi connectivity index (χ4v) is 4.10. The SMILES string of the molecule is C.C=C(c1c(CC(C)C)ccc(C)c1OC)N1CC(c2ncc(C)cc2C)C1.C=CCC.CC. The minimum Gasteiger partial charge on any atom is -0.496 e. The van der Waals surface area contributed by atoms with Crippen LogP contribution < -0.4 is 4.74 Å². The largest absolute Gasteiger partial charge is 0.496 e. The van der Waals surface area contributed by atoms with E-state index in [2.05, 4.69) is 77.8 Å². The van der Waals surface area contributed by atoms with Crippen molar-refractivity contribution in [2.75, 3.05) is 20.2 Å². The van der Waals surface area contributed by atoms with Gasteiger partial charge in [-0.05, 0) is 61.8 Å². The number of pyridine rings is 1. The van der Waals surface area contributed by atoms with Gasteiger partial charge in [-0.1, -0.05) is 72.9 Å². The Kier molecular flexibility index (Phi) is 14.2. The average Bonchev–Trinajstić information content (AvgIpc) is 2.76. The second kappa shape index (κ2) is 15.4. The van der Waals surface area contributed by atoms with Crippen LogP contribution in [-0.2, 0) is 6.42 Å². The van der Waals surface area contributed by atoms with Gasteiger partial charge in [-0.2, -0.15) is 0 Å². The van der Waals surface area contributed by atoms with Crippen molar-refractivity contribution in [3.05, 3.63) is 77.1 Å². The van der Waals surface area contributed by atoms with E-state index in [-0.39, 0.29) is 7.43 Å². The number of ether oxygens (including phenoxy) is 1. The molecule has 0 spiro atoms. The standard InChI is InChI=1S/C24H32N2O.C4H8.C2H6.CH4/c1-15(2)10-20-9-8-17(4)24(27-7)22(20)19(6)26-13-21(14-26)23-18(5)11-16(3)12-25-23;1-3-4-2;1-2;/h8-9,11-12,15,21H,6,10,13-14H2,1-5,7H3;3H,1,4H2,2H3;1-2H3;1H4. The summed E-state index contributed by atoms with van der Waals surface area (Å²) in [5.74, 6) is 2.03. The molecule has 2 aromatic rings. The maximum atomic E-state index is 5.78. The number of hydrogen-bond donors (Lipinski definition) is 0. The molecule has 34 heavy (non-hydrogen) atoms. The van der Waals surface area contributed by atoms with Crippen molar-refractivity contribution in [3.8, 4) is 5.75 Å². The predicted molar refractivity (Wildman–Crippen MR) is 152 cm³/mol. The Balaban J connectivity index is 0.00000141. The van der Waals surface area contributed by atoms with Crippen molar-refractivity contribution in [2.45, 2.75) is 81.6 Å². The summed E-state index contributed by atoms with van der Waals surface area (Å²) < 4.78 is 5.78. The van der Waals surface area contributed by atoms with Gasteiger partial charge in [0.1, 0.15) is 5.75 Å². The Morgan fingerprint density at radius 3 is 2.24 bits per heavy atom. The molecule has 0 atom stereocenters. The summed E-state index contributed by atoms with van der Waals surface area (Å²) in [5.41, 5.74) is 8.48. The predicted octanol–water partition coefficient (Wildman–Crippen LogP) is 8.53. The number of aryl methyl sites for hydroxylation is 3. The fraction of sp³-hybridized carbons (Fsp3) is 0.516. The van der Waals surface area contributed by atoms with Gasteiger partial charge in [-0.3, -0.25) is 4.98 Å². The third-order valence-electron chi connectivity index (χ3n) is 5.76. The lowest BCUT2D eigenvalue weighted by Crippen LogP contribution is -2.44. The first-order valence-electron chi connectivity index (χ1n) is 12.4. The summed E-state index contributed by atoms with van der Waals surface area (Å²) in [6, 6.07) is 6.62. The molecule has 1 aromatic heterocycles. The summed E-state index contributed by atoms with van der Waals surface area (Å²) in [6.07, 6.45) is 5.96. The third kappa shape index (κ3) is 8.04. The summed E-state index contributed by atoms with van der Waals surface area (Å²) in [4.78, 5) is 7.06. The number of methoxy groups -OCH3 is 1. The molecule has 1 aliphatic heterocycles. The van der Waals surface area contributed by atoms with Crippen molar-refractivity contribution in [3.63, 3.8) is 0 Å². The summed E-state index contributed by atoms with van der Waals surface area (Å²) >= 11 is 0. The lowest BCUT2D eigenvalue weighted by atomic mass is 9.88. The first-order valence-corrected chi connectivity index (χ1v) is 12.4. The number of hydrogen-bond acceptors (Lipinski definition) is 3. The van der Waals surface area contributed by atoms with E-state index < -0.39 is 0 Å². The summed E-state index contributed by atoms with van der Waals surface area (Å²) in [6.45, 7) is 26.8. The van der Waals surface area contributed by atoms with Crippen LogP contribution in [0, 0.1) is 26.7 Å². The quantitative estimate of drug-likeness (QED) is 0.382. The Morgan fingerprint density at radius 1 is 1.18 bits per heavy atom. The topological polar surface area (TPSA) is 25.4 Å². The first-order chi connectivity index (χ1) is 15.7. The van der Waals surface area contributed by atoms with Crippen molar-refractivity contribution in [2.24, 2.45) is 5.92 Å². The number of rotatable bonds is 7. The third-order valence-corrected chi connectivity index (χ3v) is 5.76. The summed E-state index contributed by atoms with van der Waals surface area (Å²) in [5, 5.41) is 0. The van der Waals surface area contributed by atoms with Gasteiger partial charge >= 0.3 is 0 Å². The van der Waals surface area contributed by atoms with E-state index >= 15 is 0 Å². The number of allylic oxidation sites excluding steroid dienone is 1. The monoisotopic (exact) mass is 466 g/mol. The van der Waals surface area contributed by atoms with Crippen LogP contribution in [0.1, 0.15) is 87.9 Å². The van der Waals surface area contributed by atoms with Gasteiger partial charge in [-0.25, -0.2) is 0 Å². The number of aromatic nitrogens is 1. The highest BCUT2D eigenvalue weighted by molar-refractivity contribution is 5.73. The highest BCUT2D eigenvalue weighted by Crippen LogP contribution is 2.39. The lowest BCUT2D eigenvalue weighted by Gasteiger charge is -2.43. The molecule has 2 heterocycles. The molecule has 1 aliphatic rings. The van der Waals surface area contributed by atoms with Gasteiger partial charge in [0.15, 0.2) is 0 Å². The van der Waals surface area contributed by atoms with E-state index in [0.29, 0.717) is 11.8 Å². The molecule has 3 rings (SSSR count). The van der Waals surface area contributed by atoms with Gasteiger partial charge in [0.25, 0.3) is 0 Å². The molecule has 0 amide bonds. The first kappa shape index (κ1) is 31.4. The van der Waals surface area contributed by atoms with Crippen LogP contribution in [0.3, 0.4) is 0 Å². The zero-order valence-electron chi connectivity index (χ0n) is 22.6. The molecule has 3 heteroatoms. The zero-order chi connectivity index (χ0) is 25.1. The molecule has 0 N–H and O–H groups in total. The summed E-state index contributed by atoms with van der Waals surface area (Å²) in [7, 11) is 1.76. The maximum absolute atomic E-state index is 5.78. The highest BCUT2D eigenvalue weighted by Gasteiger charge is 2.33. The lowest BCUT2D eigenvalue weighted by molar-refractivity contribution is 0.231. The smallest absolute Gasteiger partial charge is 0.131 e. The highest BCUT2D eigenvalue weighted by atomic mass is 16.5. The second-order valence-electron chi connectivity index (χ2n) is 9.01. The van der Waals surface area contributed by atoms with Crippen molar-refractivity contribution < 1.29 is 4.74 Å². The molecule has 0 unspecified atom stereocenters. The number of benzene rings is 1. The number of likely N-dealkylation sites (tertiary alicyclic amines) is 1. The molecule has 0 radical (unpaired) electrons. The van der Waals surface area contributed by atoms with E-state index in [1.807, 2.05) is 26.1 Å². The molecular formula is C31H50N2O. The van der Waals surface area contributed by atoms with Crippen LogP contribution in [0.2, 0.25) is 0 Å². The van der Waals surface area contributed by atoms with Crippen molar-refractivity contribution in [1.29, 1.82) is 0 Å². The zero-order valence-corrected chi connectivity index (χ0v) is 22.6. The maximum Gasteiger partial charge on any atom is 0.131 e. The van der Waals surface area contributed by atoms with Crippen LogP contribution in [0.15, 0.2) is 43.6 Å². The van der Waals surface area contributed by atoms with Gasteiger partial charge < -0.3 is 9.64 Å². The Hall–Kier alpha value is -2.55. The van der Waals surface area contributed by atoms with Gasteiger partial charge in [-0.15, -0.1) is 6.58 Å². The van der Waals surface area contributed by atoms with E-state index in [1.54, 1.807) is 7.11 Å².